The molecule has 0 atom stereocenters. The standard InChI is InChI=1S/C15H14BrN3/c1-10-5-15(13(16)7-14(10)18)19-9-12-4-2-3-11(6-12)8-17/h2-7,19H,9,18H2,1H3. The first kappa shape index (κ1) is 13.4. The third-order valence-electron chi connectivity index (χ3n) is 2.89. The van der Waals surface area contributed by atoms with Crippen LogP contribution in [0, 0.1) is 18.3 Å². The molecule has 0 spiro atoms. The lowest BCUT2D eigenvalue weighted by atomic mass is 10.1. The van der Waals surface area contributed by atoms with Gasteiger partial charge in [0, 0.05) is 22.4 Å². The highest BCUT2D eigenvalue weighted by Gasteiger charge is 2.03. The highest BCUT2D eigenvalue weighted by atomic mass is 79.9. The molecule has 0 radical (unpaired) electrons. The second-order valence-electron chi connectivity index (χ2n) is 4.35. The van der Waals surface area contributed by atoms with E-state index in [0.717, 1.165) is 27.0 Å². The second kappa shape index (κ2) is 5.77. The van der Waals surface area contributed by atoms with Crippen LogP contribution in [0.25, 0.3) is 0 Å². The lowest BCUT2D eigenvalue weighted by Crippen LogP contribution is -2.01. The van der Waals surface area contributed by atoms with Gasteiger partial charge in [0.25, 0.3) is 0 Å². The van der Waals surface area contributed by atoms with Crippen LogP contribution in [0.5, 0.6) is 0 Å². The molecule has 0 aliphatic rings. The minimum absolute atomic E-state index is 0.664. The molecule has 0 aromatic heterocycles. The number of hydrogen-bond donors (Lipinski definition) is 2. The summed E-state index contributed by atoms with van der Waals surface area (Å²) in [5, 5.41) is 12.2. The fourth-order valence-electron chi connectivity index (χ4n) is 1.78. The SMILES string of the molecule is Cc1cc(NCc2cccc(C#N)c2)c(Br)cc1N. The quantitative estimate of drug-likeness (QED) is 0.846. The normalized spacial score (nSPS) is 9.95. The van der Waals surface area contributed by atoms with Crippen LogP contribution in [0.15, 0.2) is 40.9 Å². The van der Waals surface area contributed by atoms with Crippen molar-refractivity contribution in [3.63, 3.8) is 0 Å². The smallest absolute Gasteiger partial charge is 0.0991 e. The van der Waals surface area contributed by atoms with Crippen molar-refractivity contribution in [3.8, 4) is 6.07 Å². The van der Waals surface area contributed by atoms with E-state index in [1.165, 1.54) is 0 Å². The average Bonchev–Trinajstić information content (AvgIpc) is 2.41. The molecule has 19 heavy (non-hydrogen) atoms. The van der Waals surface area contributed by atoms with Crippen molar-refractivity contribution in [3.05, 3.63) is 57.6 Å². The van der Waals surface area contributed by atoms with Gasteiger partial charge >= 0.3 is 0 Å². The largest absolute Gasteiger partial charge is 0.398 e. The van der Waals surface area contributed by atoms with Crippen LogP contribution in [-0.2, 0) is 6.54 Å². The van der Waals surface area contributed by atoms with E-state index in [-0.39, 0.29) is 0 Å². The molecule has 2 aromatic carbocycles. The van der Waals surface area contributed by atoms with Gasteiger partial charge in [0.1, 0.15) is 0 Å². The summed E-state index contributed by atoms with van der Waals surface area (Å²) < 4.78 is 0.937. The van der Waals surface area contributed by atoms with Crippen molar-refractivity contribution in [2.45, 2.75) is 13.5 Å². The molecular weight excluding hydrogens is 302 g/mol. The van der Waals surface area contributed by atoms with Crippen LogP contribution < -0.4 is 11.1 Å². The summed E-state index contributed by atoms with van der Waals surface area (Å²) in [6.07, 6.45) is 0. The molecule has 2 aromatic rings. The van der Waals surface area contributed by atoms with E-state index in [9.17, 15) is 0 Å². The monoisotopic (exact) mass is 315 g/mol. The minimum atomic E-state index is 0.664. The Morgan fingerprint density at radius 1 is 1.32 bits per heavy atom. The Morgan fingerprint density at radius 2 is 2.11 bits per heavy atom. The maximum Gasteiger partial charge on any atom is 0.0991 e. The van der Waals surface area contributed by atoms with Crippen LogP contribution in [0.4, 0.5) is 11.4 Å². The van der Waals surface area contributed by atoms with Gasteiger partial charge in [-0.05, 0) is 58.2 Å². The zero-order valence-corrected chi connectivity index (χ0v) is 12.2. The Morgan fingerprint density at radius 3 is 2.84 bits per heavy atom. The van der Waals surface area contributed by atoms with Gasteiger partial charge < -0.3 is 11.1 Å². The van der Waals surface area contributed by atoms with Gasteiger partial charge in [0.2, 0.25) is 0 Å². The molecule has 0 saturated carbocycles. The zero-order chi connectivity index (χ0) is 13.8. The molecule has 0 amide bonds. The number of anilines is 2. The van der Waals surface area contributed by atoms with E-state index in [1.807, 2.05) is 37.3 Å². The number of aryl methyl sites for hydroxylation is 1. The first-order valence-corrected chi connectivity index (χ1v) is 6.68. The number of nitrogens with one attached hydrogen (secondary N) is 1. The van der Waals surface area contributed by atoms with Gasteiger partial charge in [-0.3, -0.25) is 0 Å². The van der Waals surface area contributed by atoms with Crippen LogP contribution in [0.1, 0.15) is 16.7 Å². The predicted molar refractivity (Wildman–Crippen MR) is 81.8 cm³/mol. The maximum atomic E-state index is 8.87. The van der Waals surface area contributed by atoms with E-state index < -0.39 is 0 Å². The predicted octanol–water partition coefficient (Wildman–Crippen LogP) is 3.82. The van der Waals surface area contributed by atoms with Gasteiger partial charge in [-0.2, -0.15) is 5.26 Å². The maximum absolute atomic E-state index is 8.87. The van der Waals surface area contributed by atoms with Crippen molar-refractivity contribution in [2.75, 3.05) is 11.1 Å². The van der Waals surface area contributed by atoms with E-state index in [4.69, 9.17) is 11.0 Å². The second-order valence-corrected chi connectivity index (χ2v) is 5.21. The third kappa shape index (κ3) is 3.27. The number of hydrogen-bond acceptors (Lipinski definition) is 3. The fraction of sp³-hybridized carbons (Fsp3) is 0.133. The summed E-state index contributed by atoms with van der Waals surface area (Å²) in [5.41, 5.74) is 10.4. The Hall–Kier alpha value is -1.99. The van der Waals surface area contributed by atoms with Crippen LogP contribution in [0.3, 0.4) is 0 Å². The molecule has 3 N–H and O–H groups in total. The lowest BCUT2D eigenvalue weighted by Gasteiger charge is -2.11. The van der Waals surface area contributed by atoms with Crippen LogP contribution in [0.2, 0.25) is 0 Å². The third-order valence-corrected chi connectivity index (χ3v) is 3.55. The summed E-state index contributed by atoms with van der Waals surface area (Å²) >= 11 is 3.49. The van der Waals surface area contributed by atoms with Crippen LogP contribution in [-0.4, -0.2) is 0 Å². The molecule has 0 heterocycles. The van der Waals surface area contributed by atoms with Gasteiger partial charge in [0.15, 0.2) is 0 Å². The van der Waals surface area contributed by atoms with E-state index in [0.29, 0.717) is 12.1 Å². The Bertz CT molecular complexity index is 644. The highest BCUT2D eigenvalue weighted by Crippen LogP contribution is 2.28. The van der Waals surface area contributed by atoms with Gasteiger partial charge in [0.05, 0.1) is 11.6 Å². The van der Waals surface area contributed by atoms with Crippen LogP contribution >= 0.6 is 15.9 Å². The highest BCUT2D eigenvalue weighted by molar-refractivity contribution is 9.10. The molecule has 4 heteroatoms. The molecule has 0 unspecified atom stereocenters. The number of benzene rings is 2. The minimum Gasteiger partial charge on any atom is -0.398 e. The zero-order valence-electron chi connectivity index (χ0n) is 10.6. The van der Waals surface area contributed by atoms with Crippen molar-refractivity contribution in [2.24, 2.45) is 0 Å². The average molecular weight is 316 g/mol. The summed E-state index contributed by atoms with van der Waals surface area (Å²) in [7, 11) is 0. The number of nitrogens with two attached hydrogens (primary N) is 1. The number of rotatable bonds is 3. The Balaban J connectivity index is 2.14. The topological polar surface area (TPSA) is 61.8 Å². The van der Waals surface area contributed by atoms with Gasteiger partial charge in [-0.1, -0.05) is 12.1 Å². The fourth-order valence-corrected chi connectivity index (χ4v) is 2.28. The Kier molecular flexibility index (Phi) is 4.08. The van der Waals surface area contributed by atoms with Crippen molar-refractivity contribution in [1.82, 2.24) is 0 Å². The first-order valence-electron chi connectivity index (χ1n) is 5.88. The summed E-state index contributed by atoms with van der Waals surface area (Å²) in [5.74, 6) is 0. The molecule has 0 aliphatic heterocycles. The summed E-state index contributed by atoms with van der Waals surface area (Å²) in [4.78, 5) is 0. The number of nitriles is 1. The summed E-state index contributed by atoms with van der Waals surface area (Å²) in [6.45, 7) is 2.64. The Labute approximate surface area is 121 Å². The van der Waals surface area contributed by atoms with Gasteiger partial charge in [-0.25, -0.2) is 0 Å². The van der Waals surface area contributed by atoms with Crippen molar-refractivity contribution < 1.29 is 0 Å². The lowest BCUT2D eigenvalue weighted by molar-refractivity contribution is 1.14. The molecule has 0 fully saturated rings. The molecule has 0 aliphatic carbocycles. The van der Waals surface area contributed by atoms with E-state index in [2.05, 4.69) is 27.3 Å². The summed E-state index contributed by atoms with van der Waals surface area (Å²) in [6, 6.07) is 13.6. The number of nitrogen functional groups attached to an aromatic ring is 1. The molecule has 3 nitrogen and oxygen atoms in total. The van der Waals surface area contributed by atoms with Crippen molar-refractivity contribution >= 4 is 27.3 Å². The van der Waals surface area contributed by atoms with Crippen molar-refractivity contribution in [1.29, 1.82) is 5.26 Å². The first-order chi connectivity index (χ1) is 9.10. The molecule has 2 rings (SSSR count). The van der Waals surface area contributed by atoms with E-state index in [1.54, 1.807) is 6.07 Å². The molecule has 96 valence electrons. The molecule has 0 saturated heterocycles. The number of nitrogens with zero attached hydrogens (tertiary/aromatic N) is 1. The molecule has 0 bridgehead atoms. The van der Waals surface area contributed by atoms with Gasteiger partial charge in [-0.15, -0.1) is 0 Å². The molecular formula is C15H14BrN3. The van der Waals surface area contributed by atoms with E-state index >= 15 is 0 Å². The number of halogens is 1.